The summed E-state index contributed by atoms with van der Waals surface area (Å²) in [6, 6.07) is 0.0743. The van der Waals surface area contributed by atoms with Crippen LogP contribution in [0.4, 0.5) is 5.13 Å². The summed E-state index contributed by atoms with van der Waals surface area (Å²) >= 11 is 1.62. The maximum atomic E-state index is 11.6. The van der Waals surface area contributed by atoms with Crippen molar-refractivity contribution in [1.82, 2.24) is 4.98 Å². The molecule has 1 aromatic heterocycles. The first kappa shape index (κ1) is 12.5. The van der Waals surface area contributed by atoms with Gasteiger partial charge in [0.2, 0.25) is 5.91 Å². The van der Waals surface area contributed by atoms with E-state index in [2.05, 4.69) is 10.3 Å². The van der Waals surface area contributed by atoms with Crippen LogP contribution >= 0.6 is 11.3 Å². The third-order valence-corrected chi connectivity index (χ3v) is 3.99. The molecule has 0 saturated heterocycles. The summed E-state index contributed by atoms with van der Waals surface area (Å²) in [7, 11) is 0. The van der Waals surface area contributed by atoms with Gasteiger partial charge in [-0.25, -0.2) is 4.98 Å². The number of hydrogen-bond donors (Lipinski definition) is 2. The molecule has 1 heterocycles. The second-order valence-corrected chi connectivity index (χ2v) is 5.74. The van der Waals surface area contributed by atoms with E-state index in [1.807, 2.05) is 6.92 Å². The van der Waals surface area contributed by atoms with Crippen LogP contribution in [0.1, 0.15) is 43.2 Å². The second kappa shape index (κ2) is 5.60. The van der Waals surface area contributed by atoms with Crippen LogP contribution in [0.25, 0.3) is 0 Å². The van der Waals surface area contributed by atoms with Crippen LogP contribution in [0, 0.1) is 0 Å². The smallest absolute Gasteiger partial charge is 0.226 e. The Labute approximate surface area is 106 Å². The lowest BCUT2D eigenvalue weighted by Gasteiger charge is -2.06. The van der Waals surface area contributed by atoms with E-state index in [1.54, 1.807) is 11.3 Å². The minimum Gasteiger partial charge on any atom is -0.328 e. The molecule has 0 saturated carbocycles. The number of nitrogens with two attached hydrogens (primary N) is 1. The number of nitrogens with zero attached hydrogens (tertiary/aromatic N) is 1. The zero-order chi connectivity index (χ0) is 12.3. The number of rotatable bonds is 4. The predicted molar refractivity (Wildman–Crippen MR) is 70.3 cm³/mol. The first-order valence-electron chi connectivity index (χ1n) is 6.19. The van der Waals surface area contributed by atoms with Gasteiger partial charge in [-0.3, -0.25) is 4.79 Å². The molecule has 5 heteroatoms. The molecule has 3 N–H and O–H groups in total. The van der Waals surface area contributed by atoms with Crippen molar-refractivity contribution in [3.05, 3.63) is 10.6 Å². The van der Waals surface area contributed by atoms with Gasteiger partial charge in [-0.15, -0.1) is 11.3 Å². The Balaban J connectivity index is 1.90. The zero-order valence-corrected chi connectivity index (χ0v) is 11.0. The Morgan fingerprint density at radius 1 is 1.53 bits per heavy atom. The quantitative estimate of drug-likeness (QED) is 0.863. The van der Waals surface area contributed by atoms with Gasteiger partial charge >= 0.3 is 0 Å². The maximum absolute atomic E-state index is 11.6. The number of aryl methyl sites for hydroxylation is 2. The molecule has 1 amide bonds. The van der Waals surface area contributed by atoms with E-state index in [9.17, 15) is 4.79 Å². The molecule has 0 fully saturated rings. The van der Waals surface area contributed by atoms with Gasteiger partial charge < -0.3 is 11.1 Å². The lowest BCUT2D eigenvalue weighted by atomic mass is 10.0. The number of amides is 1. The molecule has 1 aliphatic carbocycles. The van der Waals surface area contributed by atoms with E-state index in [0.717, 1.165) is 24.4 Å². The molecule has 2 rings (SSSR count). The van der Waals surface area contributed by atoms with E-state index in [4.69, 9.17) is 5.73 Å². The van der Waals surface area contributed by atoms with Crippen molar-refractivity contribution in [3.8, 4) is 0 Å². The number of nitrogens with one attached hydrogen (secondary N) is 1. The van der Waals surface area contributed by atoms with Crippen LogP contribution in [0.2, 0.25) is 0 Å². The standard InChI is InChI=1S/C12H19N3OS/c1-8(13)6-7-11(16)15-12-14-9-4-2-3-5-10(9)17-12/h8H,2-7,13H2,1H3,(H,14,15,16). The van der Waals surface area contributed by atoms with Gasteiger partial charge in [-0.1, -0.05) is 0 Å². The van der Waals surface area contributed by atoms with Crippen molar-refractivity contribution in [2.24, 2.45) is 5.73 Å². The van der Waals surface area contributed by atoms with E-state index >= 15 is 0 Å². The summed E-state index contributed by atoms with van der Waals surface area (Å²) in [5.74, 6) is 0.0217. The number of carbonyl (C=O) groups excluding carboxylic acids is 1. The lowest BCUT2D eigenvalue weighted by molar-refractivity contribution is -0.116. The van der Waals surface area contributed by atoms with Crippen LogP contribution in [-0.2, 0) is 17.6 Å². The van der Waals surface area contributed by atoms with Gasteiger partial charge in [0.25, 0.3) is 0 Å². The number of carbonyl (C=O) groups is 1. The molecule has 4 nitrogen and oxygen atoms in total. The minimum absolute atomic E-state index is 0.0217. The lowest BCUT2D eigenvalue weighted by Crippen LogP contribution is -2.19. The molecular formula is C12H19N3OS. The highest BCUT2D eigenvalue weighted by Crippen LogP contribution is 2.29. The number of anilines is 1. The maximum Gasteiger partial charge on any atom is 0.226 e. The van der Waals surface area contributed by atoms with Crippen molar-refractivity contribution in [3.63, 3.8) is 0 Å². The Hall–Kier alpha value is -0.940. The fourth-order valence-corrected chi connectivity index (χ4v) is 3.01. The van der Waals surface area contributed by atoms with Crippen molar-refractivity contribution in [2.45, 2.75) is 51.5 Å². The number of aromatic nitrogens is 1. The fraction of sp³-hybridized carbons (Fsp3) is 0.667. The largest absolute Gasteiger partial charge is 0.328 e. The fourth-order valence-electron chi connectivity index (χ4n) is 1.95. The highest BCUT2D eigenvalue weighted by Gasteiger charge is 2.16. The summed E-state index contributed by atoms with van der Waals surface area (Å²) in [5, 5.41) is 3.62. The minimum atomic E-state index is 0.0217. The van der Waals surface area contributed by atoms with Crippen molar-refractivity contribution in [1.29, 1.82) is 0 Å². The van der Waals surface area contributed by atoms with Crippen LogP contribution in [0.5, 0.6) is 0 Å². The van der Waals surface area contributed by atoms with Gasteiger partial charge in [0.1, 0.15) is 0 Å². The van der Waals surface area contributed by atoms with Crippen LogP contribution in [-0.4, -0.2) is 16.9 Å². The SMILES string of the molecule is CC(N)CCC(=O)Nc1nc2c(s1)CCCC2. The summed E-state index contributed by atoms with van der Waals surface area (Å²) in [4.78, 5) is 17.4. The molecule has 94 valence electrons. The van der Waals surface area contributed by atoms with Crippen LogP contribution in [0.3, 0.4) is 0 Å². The third kappa shape index (κ3) is 3.51. The second-order valence-electron chi connectivity index (χ2n) is 4.66. The first-order chi connectivity index (χ1) is 8.15. The molecule has 1 atom stereocenters. The topological polar surface area (TPSA) is 68.0 Å². The molecule has 0 spiro atoms. The molecule has 1 unspecified atom stereocenters. The zero-order valence-electron chi connectivity index (χ0n) is 10.2. The average molecular weight is 253 g/mol. The van der Waals surface area contributed by atoms with Gasteiger partial charge in [-0.05, 0) is 39.0 Å². The highest BCUT2D eigenvalue weighted by atomic mass is 32.1. The Morgan fingerprint density at radius 2 is 2.29 bits per heavy atom. The van der Waals surface area contributed by atoms with Crippen molar-refractivity contribution >= 4 is 22.4 Å². The molecule has 1 aliphatic rings. The summed E-state index contributed by atoms with van der Waals surface area (Å²) in [5.41, 5.74) is 6.80. The summed E-state index contributed by atoms with van der Waals surface area (Å²) in [6.07, 6.45) is 5.82. The Morgan fingerprint density at radius 3 is 3.00 bits per heavy atom. The van der Waals surface area contributed by atoms with E-state index in [0.29, 0.717) is 6.42 Å². The Bertz CT molecular complexity index is 377. The molecule has 1 aromatic rings. The number of thiazole rings is 1. The molecule has 0 aromatic carbocycles. The number of fused-ring (bicyclic) bond motifs is 1. The van der Waals surface area contributed by atoms with E-state index in [1.165, 1.54) is 23.4 Å². The van der Waals surface area contributed by atoms with E-state index in [-0.39, 0.29) is 11.9 Å². The van der Waals surface area contributed by atoms with Crippen LogP contribution < -0.4 is 11.1 Å². The monoisotopic (exact) mass is 253 g/mol. The van der Waals surface area contributed by atoms with Crippen molar-refractivity contribution < 1.29 is 4.79 Å². The van der Waals surface area contributed by atoms with Gasteiger partial charge in [-0.2, -0.15) is 0 Å². The highest BCUT2D eigenvalue weighted by molar-refractivity contribution is 7.15. The molecule has 0 aliphatic heterocycles. The van der Waals surface area contributed by atoms with Crippen LogP contribution in [0.15, 0.2) is 0 Å². The average Bonchev–Trinajstić information content (AvgIpc) is 2.68. The molecular weight excluding hydrogens is 234 g/mol. The number of hydrogen-bond acceptors (Lipinski definition) is 4. The molecule has 0 bridgehead atoms. The van der Waals surface area contributed by atoms with Gasteiger partial charge in [0.15, 0.2) is 5.13 Å². The predicted octanol–water partition coefficient (Wildman–Crippen LogP) is 2.09. The third-order valence-electron chi connectivity index (χ3n) is 2.92. The first-order valence-corrected chi connectivity index (χ1v) is 7.01. The van der Waals surface area contributed by atoms with Gasteiger partial charge in [0.05, 0.1) is 5.69 Å². The Kier molecular flexibility index (Phi) is 4.12. The molecule has 17 heavy (non-hydrogen) atoms. The van der Waals surface area contributed by atoms with E-state index < -0.39 is 0 Å². The summed E-state index contributed by atoms with van der Waals surface area (Å²) < 4.78 is 0. The van der Waals surface area contributed by atoms with Gasteiger partial charge in [0, 0.05) is 17.3 Å². The van der Waals surface area contributed by atoms with Crippen molar-refractivity contribution in [2.75, 3.05) is 5.32 Å². The summed E-state index contributed by atoms with van der Waals surface area (Å²) in [6.45, 7) is 1.91. The normalized spacial score (nSPS) is 16.4. The molecule has 0 radical (unpaired) electrons.